The third kappa shape index (κ3) is 7.10. The Morgan fingerprint density at radius 1 is 1.16 bits per heavy atom. The van der Waals surface area contributed by atoms with Gasteiger partial charge in [-0.1, -0.05) is 0 Å². The van der Waals surface area contributed by atoms with Crippen molar-refractivity contribution in [1.29, 1.82) is 0 Å². The first kappa shape index (κ1) is 16.7. The van der Waals surface area contributed by atoms with Crippen molar-refractivity contribution >= 4 is 0 Å². The molecule has 1 fully saturated rings. The van der Waals surface area contributed by atoms with Crippen LogP contribution in [0.3, 0.4) is 0 Å². The summed E-state index contributed by atoms with van der Waals surface area (Å²) in [6.07, 6.45) is -4.23. The molecule has 0 N–H and O–H groups in total. The van der Waals surface area contributed by atoms with Crippen molar-refractivity contribution in [2.75, 3.05) is 59.7 Å². The second-order valence-electron chi connectivity index (χ2n) is 4.85. The topological polar surface area (TPSA) is 24.9 Å². The van der Waals surface area contributed by atoms with Crippen LogP contribution >= 0.6 is 0 Å². The average molecular weight is 284 g/mol. The number of methoxy groups -OCH3 is 1. The lowest BCUT2D eigenvalue weighted by atomic mass is 10.2. The highest BCUT2D eigenvalue weighted by Gasteiger charge is 2.28. The van der Waals surface area contributed by atoms with E-state index in [1.165, 1.54) is 0 Å². The zero-order valence-corrected chi connectivity index (χ0v) is 11.6. The average Bonchev–Trinajstić information content (AvgIpc) is 2.32. The van der Waals surface area contributed by atoms with Gasteiger partial charge in [-0.15, -0.1) is 0 Å². The Hall–Kier alpha value is -0.370. The van der Waals surface area contributed by atoms with Gasteiger partial charge in [-0.2, -0.15) is 13.2 Å². The third-order valence-electron chi connectivity index (χ3n) is 3.25. The number of hydrogen-bond acceptors (Lipinski definition) is 4. The van der Waals surface area contributed by atoms with Crippen molar-refractivity contribution in [2.45, 2.75) is 19.1 Å². The first-order valence-electron chi connectivity index (χ1n) is 6.52. The van der Waals surface area contributed by atoms with E-state index in [1.807, 2.05) is 0 Å². The van der Waals surface area contributed by atoms with Gasteiger partial charge in [0.25, 0.3) is 0 Å². The monoisotopic (exact) mass is 284 g/mol. The molecule has 1 heterocycles. The normalized spacial score (nSPS) is 22.9. The molecule has 0 aromatic carbocycles. The molecular weight excluding hydrogens is 261 g/mol. The van der Waals surface area contributed by atoms with Crippen LogP contribution in [0, 0.1) is 0 Å². The molecular formula is C12H23F3N2O2. The van der Waals surface area contributed by atoms with Crippen molar-refractivity contribution in [2.24, 2.45) is 0 Å². The van der Waals surface area contributed by atoms with Crippen LogP contribution in [0.4, 0.5) is 13.2 Å². The molecule has 1 rings (SSSR count). The maximum atomic E-state index is 11.9. The molecule has 0 aliphatic carbocycles. The zero-order chi connectivity index (χ0) is 14.3. The van der Waals surface area contributed by atoms with Crippen molar-refractivity contribution in [3.05, 3.63) is 0 Å². The van der Waals surface area contributed by atoms with E-state index in [2.05, 4.69) is 21.5 Å². The lowest BCUT2D eigenvalue weighted by Crippen LogP contribution is -2.53. The van der Waals surface area contributed by atoms with Gasteiger partial charge in [-0.25, -0.2) is 0 Å². The number of alkyl halides is 3. The second kappa shape index (κ2) is 8.04. The molecule has 0 saturated carbocycles. The van der Waals surface area contributed by atoms with E-state index in [9.17, 15) is 13.2 Å². The van der Waals surface area contributed by atoms with Crippen LogP contribution in [0.2, 0.25) is 0 Å². The van der Waals surface area contributed by atoms with E-state index in [0.29, 0.717) is 19.2 Å². The fourth-order valence-corrected chi connectivity index (χ4v) is 2.20. The molecule has 1 atom stereocenters. The molecule has 0 radical (unpaired) electrons. The minimum absolute atomic E-state index is 0.129. The predicted octanol–water partition coefficient (Wildman–Crippen LogP) is 1.22. The molecule has 19 heavy (non-hydrogen) atoms. The van der Waals surface area contributed by atoms with E-state index in [0.717, 1.165) is 26.2 Å². The van der Waals surface area contributed by atoms with E-state index in [-0.39, 0.29) is 6.61 Å². The zero-order valence-electron chi connectivity index (χ0n) is 11.6. The minimum atomic E-state index is -4.23. The SMILES string of the molecule is COCCN1CCN(CCOCC(F)(F)F)C[C@@H]1C. The van der Waals surface area contributed by atoms with Crippen molar-refractivity contribution < 1.29 is 22.6 Å². The van der Waals surface area contributed by atoms with Crippen LogP contribution in [0.15, 0.2) is 0 Å². The van der Waals surface area contributed by atoms with Crippen molar-refractivity contribution in [3.63, 3.8) is 0 Å². The van der Waals surface area contributed by atoms with E-state index in [4.69, 9.17) is 4.74 Å². The largest absolute Gasteiger partial charge is 0.411 e. The van der Waals surface area contributed by atoms with Gasteiger partial charge in [0.05, 0.1) is 13.2 Å². The Labute approximate surface area is 112 Å². The van der Waals surface area contributed by atoms with Crippen LogP contribution in [-0.2, 0) is 9.47 Å². The summed E-state index contributed by atoms with van der Waals surface area (Å²) in [7, 11) is 1.68. The fraction of sp³-hybridized carbons (Fsp3) is 1.00. The summed E-state index contributed by atoms with van der Waals surface area (Å²) in [5.74, 6) is 0. The number of rotatable bonds is 7. The maximum Gasteiger partial charge on any atom is 0.411 e. The summed E-state index contributed by atoms with van der Waals surface area (Å²) in [5, 5.41) is 0. The highest BCUT2D eigenvalue weighted by Crippen LogP contribution is 2.14. The van der Waals surface area contributed by atoms with Gasteiger partial charge < -0.3 is 9.47 Å². The van der Waals surface area contributed by atoms with Crippen molar-refractivity contribution in [3.8, 4) is 0 Å². The summed E-state index contributed by atoms with van der Waals surface area (Å²) in [6, 6.07) is 0.395. The molecule has 0 spiro atoms. The van der Waals surface area contributed by atoms with Crippen LogP contribution in [0.25, 0.3) is 0 Å². The Kier molecular flexibility index (Phi) is 7.06. The van der Waals surface area contributed by atoms with Gasteiger partial charge >= 0.3 is 6.18 Å². The number of hydrogen-bond donors (Lipinski definition) is 0. The Balaban J connectivity index is 2.14. The van der Waals surface area contributed by atoms with Gasteiger partial charge in [-0.3, -0.25) is 9.80 Å². The summed E-state index contributed by atoms with van der Waals surface area (Å²) in [6.45, 7) is 5.90. The molecule has 1 aliphatic rings. The Bertz CT molecular complexity index is 252. The van der Waals surface area contributed by atoms with Gasteiger partial charge in [0.2, 0.25) is 0 Å². The molecule has 114 valence electrons. The molecule has 0 aromatic heterocycles. The smallest absolute Gasteiger partial charge is 0.383 e. The van der Waals surface area contributed by atoms with Gasteiger partial charge in [0.15, 0.2) is 0 Å². The standard InChI is InChI=1S/C12H23F3N2O2/c1-11-9-16(3-4-17(11)6-7-18-2)5-8-19-10-12(13,14)15/h11H,3-10H2,1-2H3/t11-/m0/s1. The quantitative estimate of drug-likeness (QED) is 0.656. The summed E-state index contributed by atoms with van der Waals surface area (Å²) in [5.41, 5.74) is 0. The van der Waals surface area contributed by atoms with E-state index < -0.39 is 12.8 Å². The van der Waals surface area contributed by atoms with Gasteiger partial charge in [0.1, 0.15) is 6.61 Å². The fourth-order valence-electron chi connectivity index (χ4n) is 2.20. The molecule has 0 unspecified atom stereocenters. The Morgan fingerprint density at radius 3 is 2.47 bits per heavy atom. The molecule has 4 nitrogen and oxygen atoms in total. The minimum Gasteiger partial charge on any atom is -0.383 e. The van der Waals surface area contributed by atoms with Crippen LogP contribution in [-0.4, -0.2) is 81.7 Å². The number of ether oxygens (including phenoxy) is 2. The van der Waals surface area contributed by atoms with E-state index in [1.54, 1.807) is 7.11 Å². The molecule has 0 bridgehead atoms. The van der Waals surface area contributed by atoms with Crippen molar-refractivity contribution in [1.82, 2.24) is 9.80 Å². The van der Waals surface area contributed by atoms with Gasteiger partial charge in [-0.05, 0) is 6.92 Å². The van der Waals surface area contributed by atoms with Crippen LogP contribution in [0.1, 0.15) is 6.92 Å². The van der Waals surface area contributed by atoms with Crippen LogP contribution in [0.5, 0.6) is 0 Å². The first-order chi connectivity index (χ1) is 8.92. The third-order valence-corrected chi connectivity index (χ3v) is 3.25. The lowest BCUT2D eigenvalue weighted by Gasteiger charge is -2.39. The maximum absolute atomic E-state index is 11.9. The molecule has 7 heteroatoms. The molecule has 0 aromatic rings. The second-order valence-corrected chi connectivity index (χ2v) is 4.85. The molecule has 1 saturated heterocycles. The molecule has 1 aliphatic heterocycles. The van der Waals surface area contributed by atoms with Crippen LogP contribution < -0.4 is 0 Å². The first-order valence-corrected chi connectivity index (χ1v) is 6.52. The number of piperazine rings is 1. The predicted molar refractivity (Wildman–Crippen MR) is 66.2 cm³/mol. The summed E-state index contributed by atoms with van der Waals surface area (Å²) in [4.78, 5) is 4.47. The highest BCUT2D eigenvalue weighted by atomic mass is 19.4. The number of nitrogens with zero attached hydrogens (tertiary/aromatic N) is 2. The highest BCUT2D eigenvalue weighted by molar-refractivity contribution is 4.78. The summed E-state index contributed by atoms with van der Waals surface area (Å²) >= 11 is 0. The van der Waals surface area contributed by atoms with Gasteiger partial charge in [0, 0.05) is 45.9 Å². The molecule has 0 amide bonds. The van der Waals surface area contributed by atoms with E-state index >= 15 is 0 Å². The lowest BCUT2D eigenvalue weighted by molar-refractivity contribution is -0.174. The Morgan fingerprint density at radius 2 is 1.89 bits per heavy atom. The number of halogens is 3. The summed E-state index contributed by atoms with van der Waals surface area (Å²) < 4.78 is 45.4.